The molecular weight excluding hydrogens is 481 g/mol. The molecule has 0 spiro atoms. The number of fused-ring (bicyclic) bond motifs is 1. The van der Waals surface area contributed by atoms with E-state index in [1.165, 1.54) is 30.1 Å². The molecule has 0 aliphatic rings. The van der Waals surface area contributed by atoms with Crippen LogP contribution in [0.15, 0.2) is 65.7 Å². The standard InChI is InChI=1S/C24H21ClFN3O4S/c1-33-18-8-7-16(21(26)12-18)14-29-22-10-17(11-23(34(2,31)32)19(22)13-27-29)28-24(30)9-15-5-3-4-6-20(15)25/h3-8,10-13H,9,14H2,1-2H3,(H,28,30). The average Bonchev–Trinajstić information content (AvgIpc) is 3.18. The van der Waals surface area contributed by atoms with Gasteiger partial charge in [-0.15, -0.1) is 0 Å². The molecule has 3 aromatic carbocycles. The molecule has 0 aliphatic heterocycles. The van der Waals surface area contributed by atoms with E-state index in [9.17, 15) is 17.6 Å². The summed E-state index contributed by atoms with van der Waals surface area (Å²) in [6.45, 7) is 0.0551. The molecule has 0 saturated carbocycles. The summed E-state index contributed by atoms with van der Waals surface area (Å²) < 4.78 is 46.0. The highest BCUT2D eigenvalue weighted by Gasteiger charge is 2.19. The Kier molecular flexibility index (Phi) is 6.58. The highest BCUT2D eigenvalue weighted by atomic mass is 35.5. The van der Waals surface area contributed by atoms with E-state index in [4.69, 9.17) is 16.3 Å². The van der Waals surface area contributed by atoms with Gasteiger partial charge in [0, 0.05) is 34.0 Å². The summed E-state index contributed by atoms with van der Waals surface area (Å²) in [6, 6.07) is 14.5. The Morgan fingerprint density at radius 3 is 2.59 bits per heavy atom. The fourth-order valence-corrected chi connectivity index (χ4v) is 4.71. The fourth-order valence-electron chi connectivity index (χ4n) is 3.61. The Bertz CT molecular complexity index is 1500. The molecule has 1 aromatic heterocycles. The quantitative estimate of drug-likeness (QED) is 0.403. The second-order valence-electron chi connectivity index (χ2n) is 7.76. The Labute approximate surface area is 201 Å². The van der Waals surface area contributed by atoms with Crippen LogP contribution in [0.3, 0.4) is 0 Å². The Hall–Kier alpha value is -3.43. The number of ether oxygens (including phenoxy) is 1. The van der Waals surface area contributed by atoms with Crippen molar-refractivity contribution in [2.75, 3.05) is 18.7 Å². The van der Waals surface area contributed by atoms with Crippen LogP contribution in [0.5, 0.6) is 5.75 Å². The lowest BCUT2D eigenvalue weighted by molar-refractivity contribution is -0.115. The largest absolute Gasteiger partial charge is 0.497 e. The van der Waals surface area contributed by atoms with Crippen molar-refractivity contribution in [1.29, 1.82) is 0 Å². The van der Waals surface area contributed by atoms with Crippen molar-refractivity contribution in [3.63, 3.8) is 0 Å². The van der Waals surface area contributed by atoms with E-state index in [1.54, 1.807) is 42.5 Å². The van der Waals surface area contributed by atoms with Gasteiger partial charge in [0.25, 0.3) is 0 Å². The van der Waals surface area contributed by atoms with Crippen LogP contribution >= 0.6 is 11.6 Å². The molecule has 10 heteroatoms. The van der Waals surface area contributed by atoms with Crippen LogP contribution in [0, 0.1) is 5.82 Å². The molecule has 0 atom stereocenters. The summed E-state index contributed by atoms with van der Waals surface area (Å²) in [5.41, 5.74) is 1.71. The van der Waals surface area contributed by atoms with Crippen LogP contribution in [0.2, 0.25) is 5.02 Å². The van der Waals surface area contributed by atoms with E-state index < -0.39 is 15.7 Å². The van der Waals surface area contributed by atoms with Crippen LogP contribution in [-0.2, 0) is 27.6 Å². The van der Waals surface area contributed by atoms with Crippen molar-refractivity contribution in [1.82, 2.24) is 9.78 Å². The zero-order chi connectivity index (χ0) is 24.5. The van der Waals surface area contributed by atoms with Gasteiger partial charge in [-0.2, -0.15) is 5.10 Å². The van der Waals surface area contributed by atoms with Crippen LogP contribution in [0.25, 0.3) is 10.9 Å². The zero-order valence-corrected chi connectivity index (χ0v) is 20.0. The lowest BCUT2D eigenvalue weighted by Crippen LogP contribution is -2.15. The number of nitrogens with zero attached hydrogens (tertiary/aromatic N) is 2. The molecule has 0 unspecified atom stereocenters. The SMILES string of the molecule is COc1ccc(Cn2ncc3c(S(C)(=O)=O)cc(NC(=O)Cc4ccccc4Cl)cc32)c(F)c1. The first-order valence-electron chi connectivity index (χ1n) is 10.2. The van der Waals surface area contributed by atoms with Crippen molar-refractivity contribution in [3.05, 3.63) is 82.8 Å². The van der Waals surface area contributed by atoms with Gasteiger partial charge in [-0.05, 0) is 29.8 Å². The van der Waals surface area contributed by atoms with Crippen molar-refractivity contribution in [3.8, 4) is 5.75 Å². The Morgan fingerprint density at radius 1 is 1.15 bits per heavy atom. The number of rotatable bonds is 7. The van der Waals surface area contributed by atoms with Gasteiger partial charge < -0.3 is 10.1 Å². The maximum atomic E-state index is 14.5. The second kappa shape index (κ2) is 9.44. The highest BCUT2D eigenvalue weighted by molar-refractivity contribution is 7.91. The molecule has 0 radical (unpaired) electrons. The predicted molar refractivity (Wildman–Crippen MR) is 129 cm³/mol. The molecule has 4 rings (SSSR count). The summed E-state index contributed by atoms with van der Waals surface area (Å²) in [5.74, 6) is -0.454. The van der Waals surface area contributed by atoms with Gasteiger partial charge in [-0.25, -0.2) is 12.8 Å². The number of aromatic nitrogens is 2. The van der Waals surface area contributed by atoms with E-state index >= 15 is 0 Å². The first-order valence-corrected chi connectivity index (χ1v) is 12.5. The van der Waals surface area contributed by atoms with Gasteiger partial charge in [-0.1, -0.05) is 35.9 Å². The van der Waals surface area contributed by atoms with Crippen LogP contribution in [0.4, 0.5) is 10.1 Å². The normalized spacial score (nSPS) is 11.5. The van der Waals surface area contributed by atoms with Crippen molar-refractivity contribution in [2.45, 2.75) is 17.9 Å². The molecule has 0 aliphatic carbocycles. The number of nitrogens with one attached hydrogen (secondary N) is 1. The van der Waals surface area contributed by atoms with Crippen LogP contribution in [0.1, 0.15) is 11.1 Å². The molecule has 1 heterocycles. The number of carbonyl (C=O) groups is 1. The molecule has 0 fully saturated rings. The summed E-state index contributed by atoms with van der Waals surface area (Å²) in [7, 11) is -2.20. The van der Waals surface area contributed by atoms with Crippen LogP contribution in [-0.4, -0.2) is 37.5 Å². The van der Waals surface area contributed by atoms with Crippen molar-refractivity contribution in [2.24, 2.45) is 0 Å². The number of benzene rings is 3. The lowest BCUT2D eigenvalue weighted by Gasteiger charge is -2.11. The fraction of sp³-hybridized carbons (Fsp3) is 0.167. The van der Waals surface area contributed by atoms with E-state index in [0.717, 1.165) is 6.26 Å². The zero-order valence-electron chi connectivity index (χ0n) is 18.4. The predicted octanol–water partition coefficient (Wildman–Crippen LogP) is 4.47. The second-order valence-corrected chi connectivity index (χ2v) is 10.1. The maximum Gasteiger partial charge on any atom is 0.228 e. The molecule has 176 valence electrons. The number of anilines is 1. The maximum absolute atomic E-state index is 14.5. The third kappa shape index (κ3) is 5.05. The van der Waals surface area contributed by atoms with Gasteiger partial charge in [0.1, 0.15) is 11.6 Å². The van der Waals surface area contributed by atoms with Gasteiger partial charge >= 0.3 is 0 Å². The minimum atomic E-state index is -3.65. The number of hydrogen-bond acceptors (Lipinski definition) is 5. The Morgan fingerprint density at radius 2 is 1.91 bits per heavy atom. The molecule has 4 aromatic rings. The number of carbonyl (C=O) groups excluding carboxylic acids is 1. The Balaban J connectivity index is 1.71. The number of sulfone groups is 1. The van der Waals surface area contributed by atoms with E-state index in [2.05, 4.69) is 10.4 Å². The summed E-state index contributed by atoms with van der Waals surface area (Å²) in [6.07, 6.45) is 2.52. The number of amides is 1. The minimum absolute atomic E-state index is 0.0134. The molecular formula is C24H21ClFN3O4S. The average molecular weight is 502 g/mol. The van der Waals surface area contributed by atoms with Gasteiger partial charge in [0.15, 0.2) is 9.84 Å². The van der Waals surface area contributed by atoms with Crippen LogP contribution < -0.4 is 10.1 Å². The van der Waals surface area contributed by atoms with E-state index in [0.29, 0.717) is 32.8 Å². The van der Waals surface area contributed by atoms with Crippen molar-refractivity contribution < 1.29 is 22.3 Å². The van der Waals surface area contributed by atoms with E-state index in [1.807, 2.05) is 0 Å². The monoisotopic (exact) mass is 501 g/mol. The van der Waals surface area contributed by atoms with Crippen molar-refractivity contribution >= 4 is 43.9 Å². The topological polar surface area (TPSA) is 90.3 Å². The summed E-state index contributed by atoms with van der Waals surface area (Å²) in [4.78, 5) is 12.7. The summed E-state index contributed by atoms with van der Waals surface area (Å²) in [5, 5.41) is 7.85. The van der Waals surface area contributed by atoms with Gasteiger partial charge in [-0.3, -0.25) is 9.48 Å². The first-order chi connectivity index (χ1) is 16.2. The minimum Gasteiger partial charge on any atom is -0.497 e. The molecule has 34 heavy (non-hydrogen) atoms. The molecule has 1 amide bonds. The molecule has 0 bridgehead atoms. The number of hydrogen-bond donors (Lipinski definition) is 1. The smallest absolute Gasteiger partial charge is 0.228 e. The first kappa shape index (κ1) is 23.7. The third-order valence-electron chi connectivity index (χ3n) is 5.30. The number of halogens is 2. The number of methoxy groups -OCH3 is 1. The lowest BCUT2D eigenvalue weighted by atomic mass is 10.1. The molecule has 0 saturated heterocycles. The van der Waals surface area contributed by atoms with Gasteiger partial charge in [0.05, 0.1) is 36.7 Å². The molecule has 1 N–H and O–H groups in total. The van der Waals surface area contributed by atoms with Gasteiger partial charge in [0.2, 0.25) is 5.91 Å². The third-order valence-corrected chi connectivity index (χ3v) is 6.80. The van der Waals surface area contributed by atoms with E-state index in [-0.39, 0.29) is 29.5 Å². The summed E-state index contributed by atoms with van der Waals surface area (Å²) >= 11 is 6.14. The highest BCUT2D eigenvalue weighted by Crippen LogP contribution is 2.29. The molecule has 7 nitrogen and oxygen atoms in total.